The molecule has 1 nitrogen and oxygen atoms in total. The molecule has 0 bridgehead atoms. The predicted octanol–water partition coefficient (Wildman–Crippen LogP) is 3.43. The van der Waals surface area contributed by atoms with Gasteiger partial charge < -0.3 is 5.11 Å². The molecule has 15 heavy (non-hydrogen) atoms. The van der Waals surface area contributed by atoms with Crippen molar-refractivity contribution in [2.24, 2.45) is 5.92 Å². The lowest BCUT2D eigenvalue weighted by Gasteiger charge is -2.14. The molecule has 0 saturated carbocycles. The van der Waals surface area contributed by atoms with Crippen LogP contribution in [0.5, 0.6) is 0 Å². The Labute approximate surface area is 94.9 Å². The van der Waals surface area contributed by atoms with Crippen LogP contribution in [0.4, 0.5) is 4.39 Å². The van der Waals surface area contributed by atoms with Crippen LogP contribution in [0.25, 0.3) is 0 Å². The van der Waals surface area contributed by atoms with Crippen molar-refractivity contribution in [2.75, 3.05) is 0 Å². The van der Waals surface area contributed by atoms with Crippen LogP contribution in [0.1, 0.15) is 25.8 Å². The van der Waals surface area contributed by atoms with Gasteiger partial charge in [0.1, 0.15) is 5.82 Å². The Hall–Kier alpha value is -0.600. The molecule has 0 spiro atoms. The number of hydrogen-bond acceptors (Lipinski definition) is 1. The fourth-order valence-electron chi connectivity index (χ4n) is 1.75. The summed E-state index contributed by atoms with van der Waals surface area (Å²) in [4.78, 5) is 0. The van der Waals surface area contributed by atoms with E-state index in [1.165, 1.54) is 6.07 Å². The summed E-state index contributed by atoms with van der Waals surface area (Å²) in [6.07, 6.45) is 1.07. The van der Waals surface area contributed by atoms with Gasteiger partial charge in [0.25, 0.3) is 0 Å². The first kappa shape index (κ1) is 12.5. The van der Waals surface area contributed by atoms with Gasteiger partial charge in [-0.05, 0) is 37.3 Å². The first-order valence-electron chi connectivity index (χ1n) is 5.11. The smallest absolute Gasteiger partial charge is 0.142 e. The number of benzene rings is 1. The van der Waals surface area contributed by atoms with Crippen LogP contribution in [-0.4, -0.2) is 11.2 Å². The number of hydrogen-bond donors (Lipinski definition) is 1. The number of rotatable bonds is 4. The molecule has 0 saturated heterocycles. The van der Waals surface area contributed by atoms with E-state index in [-0.39, 0.29) is 16.9 Å². The third-order valence-electron chi connectivity index (χ3n) is 2.34. The molecule has 1 rings (SSSR count). The Morgan fingerprint density at radius 3 is 2.67 bits per heavy atom. The quantitative estimate of drug-likeness (QED) is 0.840. The third-order valence-corrected chi connectivity index (χ3v) is 2.77. The maximum Gasteiger partial charge on any atom is 0.142 e. The van der Waals surface area contributed by atoms with Crippen molar-refractivity contribution < 1.29 is 9.50 Å². The van der Waals surface area contributed by atoms with Crippen LogP contribution in [0.3, 0.4) is 0 Å². The molecule has 0 aliphatic carbocycles. The highest BCUT2D eigenvalue weighted by Crippen LogP contribution is 2.23. The summed E-state index contributed by atoms with van der Waals surface area (Å²) in [6, 6.07) is 4.83. The second kappa shape index (κ2) is 5.47. The molecule has 84 valence electrons. The first-order valence-corrected chi connectivity index (χ1v) is 5.49. The zero-order valence-electron chi connectivity index (χ0n) is 9.00. The Balaban J connectivity index is 2.68. The topological polar surface area (TPSA) is 20.2 Å². The number of halogens is 2. The van der Waals surface area contributed by atoms with Crippen LogP contribution in [0.2, 0.25) is 5.02 Å². The van der Waals surface area contributed by atoms with Crippen molar-refractivity contribution in [1.29, 1.82) is 0 Å². The summed E-state index contributed by atoms with van der Waals surface area (Å²) in [5, 5.41) is 9.42. The monoisotopic (exact) mass is 230 g/mol. The average molecular weight is 231 g/mol. The van der Waals surface area contributed by atoms with E-state index in [1.807, 2.05) is 13.0 Å². The van der Waals surface area contributed by atoms with Gasteiger partial charge >= 0.3 is 0 Å². The highest BCUT2D eigenvalue weighted by Gasteiger charge is 2.11. The van der Waals surface area contributed by atoms with E-state index in [2.05, 4.69) is 0 Å². The molecule has 2 atom stereocenters. The van der Waals surface area contributed by atoms with Gasteiger partial charge in [-0.3, -0.25) is 0 Å². The minimum Gasteiger partial charge on any atom is -0.393 e. The standard InChI is InChI=1S/C12H16ClFO/c1-8(6-9(2)15)7-10-4-3-5-11(14)12(10)13/h3-5,8-9,15H,6-7H2,1-2H3. The zero-order valence-corrected chi connectivity index (χ0v) is 9.76. The molecule has 0 heterocycles. The third kappa shape index (κ3) is 3.80. The molecule has 3 heteroatoms. The van der Waals surface area contributed by atoms with Gasteiger partial charge in [-0.1, -0.05) is 30.7 Å². The molecule has 0 radical (unpaired) electrons. The van der Waals surface area contributed by atoms with Crippen LogP contribution >= 0.6 is 11.6 Å². The Morgan fingerprint density at radius 1 is 1.40 bits per heavy atom. The van der Waals surface area contributed by atoms with Gasteiger partial charge in [0.2, 0.25) is 0 Å². The lowest BCUT2D eigenvalue weighted by molar-refractivity contribution is 0.164. The van der Waals surface area contributed by atoms with Crippen LogP contribution in [0.15, 0.2) is 18.2 Å². The predicted molar refractivity (Wildman–Crippen MR) is 60.6 cm³/mol. The van der Waals surface area contributed by atoms with E-state index in [0.717, 1.165) is 5.56 Å². The summed E-state index contributed by atoms with van der Waals surface area (Å²) in [5.41, 5.74) is 0.810. The SMILES string of the molecule is CC(O)CC(C)Cc1cccc(F)c1Cl. The molecule has 2 unspecified atom stereocenters. The van der Waals surface area contributed by atoms with Crippen molar-refractivity contribution in [1.82, 2.24) is 0 Å². The van der Waals surface area contributed by atoms with E-state index in [4.69, 9.17) is 11.6 Å². The van der Waals surface area contributed by atoms with Crippen LogP contribution in [-0.2, 0) is 6.42 Å². The Morgan fingerprint density at radius 2 is 2.07 bits per heavy atom. The normalized spacial score (nSPS) is 15.0. The van der Waals surface area contributed by atoms with E-state index < -0.39 is 0 Å². The van der Waals surface area contributed by atoms with Gasteiger partial charge in [0.05, 0.1) is 11.1 Å². The maximum atomic E-state index is 13.1. The lowest BCUT2D eigenvalue weighted by atomic mass is 9.96. The van der Waals surface area contributed by atoms with Gasteiger partial charge in [-0.15, -0.1) is 0 Å². The average Bonchev–Trinajstić information content (AvgIpc) is 2.11. The van der Waals surface area contributed by atoms with Gasteiger partial charge in [0, 0.05) is 0 Å². The van der Waals surface area contributed by atoms with Crippen molar-refractivity contribution in [3.63, 3.8) is 0 Å². The molecule has 0 amide bonds. The molecular formula is C12H16ClFO. The second-order valence-corrected chi connectivity index (χ2v) is 4.48. The number of aliphatic hydroxyl groups is 1. The van der Waals surface area contributed by atoms with E-state index in [0.29, 0.717) is 18.8 Å². The Kier molecular flexibility index (Phi) is 4.55. The van der Waals surface area contributed by atoms with E-state index >= 15 is 0 Å². The molecule has 1 aromatic carbocycles. The van der Waals surface area contributed by atoms with E-state index in [9.17, 15) is 9.50 Å². The molecule has 1 aromatic rings. The van der Waals surface area contributed by atoms with Crippen molar-refractivity contribution in [3.05, 3.63) is 34.6 Å². The van der Waals surface area contributed by atoms with Gasteiger partial charge in [0.15, 0.2) is 0 Å². The van der Waals surface area contributed by atoms with Crippen molar-refractivity contribution >= 4 is 11.6 Å². The van der Waals surface area contributed by atoms with Crippen molar-refractivity contribution in [3.8, 4) is 0 Å². The fraction of sp³-hybridized carbons (Fsp3) is 0.500. The first-order chi connectivity index (χ1) is 7.00. The zero-order chi connectivity index (χ0) is 11.4. The molecule has 1 N–H and O–H groups in total. The largest absolute Gasteiger partial charge is 0.393 e. The van der Waals surface area contributed by atoms with Crippen LogP contribution < -0.4 is 0 Å². The number of aliphatic hydroxyl groups excluding tert-OH is 1. The summed E-state index contributed by atoms with van der Waals surface area (Å²) in [5.74, 6) is -0.0808. The minimum absolute atomic E-state index is 0.204. The summed E-state index contributed by atoms with van der Waals surface area (Å²) >= 11 is 5.84. The molecule has 0 fully saturated rings. The van der Waals surface area contributed by atoms with Crippen LogP contribution in [0, 0.1) is 11.7 Å². The van der Waals surface area contributed by atoms with E-state index in [1.54, 1.807) is 13.0 Å². The second-order valence-electron chi connectivity index (χ2n) is 4.11. The highest BCUT2D eigenvalue weighted by atomic mass is 35.5. The molecule has 0 aliphatic rings. The summed E-state index contributed by atoms with van der Waals surface area (Å²) in [7, 11) is 0. The van der Waals surface area contributed by atoms with Gasteiger partial charge in [-0.2, -0.15) is 0 Å². The summed E-state index contributed by atoms with van der Waals surface area (Å²) in [6.45, 7) is 3.78. The lowest BCUT2D eigenvalue weighted by Crippen LogP contribution is -2.09. The fourth-order valence-corrected chi connectivity index (χ4v) is 1.95. The van der Waals surface area contributed by atoms with Crippen molar-refractivity contribution in [2.45, 2.75) is 32.8 Å². The molecule has 0 aliphatic heterocycles. The highest BCUT2D eigenvalue weighted by molar-refractivity contribution is 6.31. The summed E-state index contributed by atoms with van der Waals surface area (Å²) < 4.78 is 13.1. The maximum absolute atomic E-state index is 13.1. The minimum atomic E-state index is -0.376. The van der Waals surface area contributed by atoms with Gasteiger partial charge in [-0.25, -0.2) is 4.39 Å². The Bertz CT molecular complexity index is 325. The molecular weight excluding hydrogens is 215 g/mol. The molecule has 0 aromatic heterocycles.